The van der Waals surface area contributed by atoms with E-state index in [4.69, 9.17) is 0 Å². The lowest BCUT2D eigenvalue weighted by atomic mass is 10.6. The minimum absolute atomic E-state index is 1.45. The third-order valence-corrected chi connectivity index (χ3v) is 5.15. The van der Waals surface area contributed by atoms with Gasteiger partial charge in [0.1, 0.15) is 0 Å². The zero-order chi connectivity index (χ0) is 26.6. The fraction of sp³-hybridized carbons (Fsp3) is 1.00. The smallest absolute Gasteiger partial charge is 0.302 e. The van der Waals surface area contributed by atoms with Crippen LogP contribution in [0.5, 0.6) is 0 Å². The van der Waals surface area contributed by atoms with Gasteiger partial charge in [-0.15, -0.1) is 0 Å². The molecule has 0 saturated heterocycles. The Morgan fingerprint density at radius 3 is 0.625 bits per heavy atom. The van der Waals surface area contributed by atoms with Crippen LogP contribution in [0.2, 0.25) is 0 Å². The predicted molar refractivity (Wildman–Crippen MR) is 53.0 cm³/mol. The minimum atomic E-state index is -10.3. The van der Waals surface area contributed by atoms with Gasteiger partial charge in [-0.05, 0) is 0 Å². The molecule has 0 spiro atoms. The maximum Gasteiger partial charge on any atom is 0.599 e. The van der Waals surface area contributed by atoms with Crippen molar-refractivity contribution in [1.82, 2.24) is 0 Å². The Kier molecular flexibility index (Phi) is 7.56. The van der Waals surface area contributed by atoms with Crippen LogP contribution in [0.3, 0.4) is 0 Å². The zero-order valence-electron chi connectivity index (χ0n) is 13.3. The summed E-state index contributed by atoms with van der Waals surface area (Å²) < 4.78 is 254. The van der Waals surface area contributed by atoms with Crippen molar-refractivity contribution >= 4 is 8.80 Å². The first-order chi connectivity index (χ1) is 13.4. The second-order valence-corrected chi connectivity index (χ2v) is 7.33. The minimum Gasteiger partial charge on any atom is -0.302 e. The first-order valence-electron chi connectivity index (χ1n) is 6.25. The molecule has 0 bridgehead atoms. The van der Waals surface area contributed by atoms with E-state index in [0.29, 0.717) is 0 Å². The highest BCUT2D eigenvalue weighted by Gasteiger charge is 2.88. The Hall–Kier alpha value is -1.30. The zero-order valence-corrected chi connectivity index (χ0v) is 14.3. The predicted octanol–water partition coefficient (Wildman–Crippen LogP) is 6.18. The standard InChI is InChI=1S/C8F20O3Si/c9-1(10,11)5(21,22)29-32(8(27,28)4(18,19)20,30-6(23,24)2(12,13)14)31-7(25,26)3(15,16)17. The highest BCUT2D eigenvalue weighted by atomic mass is 28.4. The van der Waals surface area contributed by atoms with Crippen LogP contribution in [0.1, 0.15) is 0 Å². The lowest BCUT2D eigenvalue weighted by Gasteiger charge is -2.41. The molecule has 0 aromatic rings. The normalized spacial score (nSPS) is 16.5. The molecule has 0 amide bonds. The Morgan fingerprint density at radius 2 is 0.500 bits per heavy atom. The molecule has 0 N–H and O–H groups in total. The summed E-state index contributed by atoms with van der Waals surface area (Å²) in [6, 6.07) is 0. The van der Waals surface area contributed by atoms with Crippen molar-refractivity contribution in [1.29, 1.82) is 0 Å². The molecule has 0 radical (unpaired) electrons. The summed E-state index contributed by atoms with van der Waals surface area (Å²) in [7, 11) is -10.3. The monoisotopic (exact) mass is 552 g/mol. The van der Waals surface area contributed by atoms with E-state index < -0.39 is 57.4 Å². The van der Waals surface area contributed by atoms with Crippen molar-refractivity contribution in [3.8, 4) is 0 Å². The van der Waals surface area contributed by atoms with E-state index in [1.54, 1.807) is 0 Å². The van der Waals surface area contributed by atoms with Gasteiger partial charge in [0.15, 0.2) is 0 Å². The molecule has 0 aliphatic heterocycles. The first kappa shape index (κ1) is 30.7. The summed E-state index contributed by atoms with van der Waals surface area (Å²) in [5, 5.41) is 0. The first-order valence-corrected chi connectivity index (χ1v) is 7.98. The Bertz CT molecular complexity index is 584. The fourth-order valence-corrected chi connectivity index (χ4v) is 3.32. The molecule has 194 valence electrons. The van der Waals surface area contributed by atoms with Crippen molar-refractivity contribution in [3.05, 3.63) is 0 Å². The van der Waals surface area contributed by atoms with Crippen LogP contribution in [0.4, 0.5) is 87.8 Å². The molecule has 0 fully saturated rings. The van der Waals surface area contributed by atoms with Crippen LogP contribution in [-0.2, 0) is 13.3 Å². The van der Waals surface area contributed by atoms with E-state index in [9.17, 15) is 87.8 Å². The van der Waals surface area contributed by atoms with Gasteiger partial charge in [-0.3, -0.25) is 0 Å². The summed E-state index contributed by atoms with van der Waals surface area (Å²) in [6.07, 6.45) is -54.6. The lowest BCUT2D eigenvalue weighted by molar-refractivity contribution is -0.434. The summed E-state index contributed by atoms with van der Waals surface area (Å²) in [4.78, 5) is 0. The van der Waals surface area contributed by atoms with Crippen molar-refractivity contribution in [2.24, 2.45) is 0 Å². The maximum atomic E-state index is 13.5. The summed E-state index contributed by atoms with van der Waals surface area (Å²) in [5.41, 5.74) is -8.29. The Balaban J connectivity index is 7.35. The van der Waals surface area contributed by atoms with Gasteiger partial charge in [0.2, 0.25) is 0 Å². The summed E-state index contributed by atoms with van der Waals surface area (Å²) >= 11 is 0. The number of hydrogen-bond acceptors (Lipinski definition) is 3. The molecule has 0 saturated carbocycles. The van der Waals surface area contributed by atoms with E-state index in [1.807, 2.05) is 0 Å². The summed E-state index contributed by atoms with van der Waals surface area (Å²) in [6.45, 7) is 0. The second kappa shape index (κ2) is 7.88. The molecule has 32 heavy (non-hydrogen) atoms. The van der Waals surface area contributed by atoms with E-state index in [-0.39, 0.29) is 0 Å². The van der Waals surface area contributed by atoms with E-state index >= 15 is 0 Å². The molecule has 0 heterocycles. The van der Waals surface area contributed by atoms with Crippen LogP contribution < -0.4 is 0 Å². The van der Waals surface area contributed by atoms with Crippen LogP contribution >= 0.6 is 0 Å². The number of hydrogen-bond donors (Lipinski definition) is 0. The second-order valence-electron chi connectivity index (χ2n) is 4.98. The van der Waals surface area contributed by atoms with Gasteiger partial charge < -0.3 is 13.3 Å². The van der Waals surface area contributed by atoms with Gasteiger partial charge in [-0.2, -0.15) is 87.8 Å². The molecule has 0 aromatic carbocycles. The van der Waals surface area contributed by atoms with Crippen LogP contribution in [0.15, 0.2) is 0 Å². The average Bonchev–Trinajstić information content (AvgIpc) is 2.40. The van der Waals surface area contributed by atoms with Crippen LogP contribution in [0, 0.1) is 0 Å². The van der Waals surface area contributed by atoms with Gasteiger partial charge >= 0.3 is 57.4 Å². The molecular weight excluding hydrogens is 552 g/mol. The molecule has 0 rings (SSSR count). The van der Waals surface area contributed by atoms with Gasteiger partial charge in [0.05, 0.1) is 0 Å². The van der Waals surface area contributed by atoms with Gasteiger partial charge in [-0.1, -0.05) is 0 Å². The maximum absolute atomic E-state index is 13.5. The van der Waals surface area contributed by atoms with Gasteiger partial charge in [0.25, 0.3) is 0 Å². The third kappa shape index (κ3) is 5.78. The molecule has 0 unspecified atom stereocenters. The largest absolute Gasteiger partial charge is 0.599 e. The number of alkyl halides is 20. The van der Waals surface area contributed by atoms with E-state index in [1.165, 1.54) is 13.3 Å². The quantitative estimate of drug-likeness (QED) is 0.279. The molecule has 3 nitrogen and oxygen atoms in total. The number of rotatable bonds is 7. The number of halogens is 20. The SMILES string of the molecule is FC(F)(F)C(F)(F)O[Si](OC(F)(F)C(F)(F)F)(OC(F)(F)C(F)(F)F)C(F)(F)C(F)(F)F. The van der Waals surface area contributed by atoms with Gasteiger partial charge in [-0.25, -0.2) is 0 Å². The van der Waals surface area contributed by atoms with E-state index in [0.717, 1.165) is 0 Å². The molecule has 24 heteroatoms. The van der Waals surface area contributed by atoms with Crippen molar-refractivity contribution < 1.29 is 101 Å². The fourth-order valence-electron chi connectivity index (χ4n) is 1.11. The van der Waals surface area contributed by atoms with Crippen LogP contribution in [-0.4, -0.2) is 57.4 Å². The molecule has 0 aliphatic carbocycles. The summed E-state index contributed by atoms with van der Waals surface area (Å²) in [5.74, 6) is 0. The van der Waals surface area contributed by atoms with E-state index in [2.05, 4.69) is 0 Å². The highest BCUT2D eigenvalue weighted by Crippen LogP contribution is 2.54. The van der Waals surface area contributed by atoms with Gasteiger partial charge in [0, 0.05) is 0 Å². The Labute approximate surface area is 160 Å². The highest BCUT2D eigenvalue weighted by molar-refractivity contribution is 6.64. The van der Waals surface area contributed by atoms with Crippen LogP contribution in [0.25, 0.3) is 0 Å². The third-order valence-electron chi connectivity index (χ3n) is 2.52. The molecule has 0 aliphatic rings. The topological polar surface area (TPSA) is 27.7 Å². The molecule has 0 aromatic heterocycles. The lowest BCUT2D eigenvalue weighted by Crippen LogP contribution is -2.74. The average molecular weight is 552 g/mol. The molecular formula is C8F20O3Si. The molecule has 0 atom stereocenters. The Morgan fingerprint density at radius 1 is 0.312 bits per heavy atom. The van der Waals surface area contributed by atoms with Crippen molar-refractivity contribution in [2.45, 2.75) is 48.6 Å². The van der Waals surface area contributed by atoms with Crippen molar-refractivity contribution in [2.75, 3.05) is 0 Å². The van der Waals surface area contributed by atoms with Crippen molar-refractivity contribution in [3.63, 3.8) is 0 Å².